The molecule has 0 bridgehead atoms. The van der Waals surface area contributed by atoms with Gasteiger partial charge in [0, 0.05) is 10.9 Å². The van der Waals surface area contributed by atoms with Crippen molar-refractivity contribution in [2.45, 2.75) is 44.2 Å². The number of ether oxygens (including phenoxy) is 1. The predicted molar refractivity (Wildman–Crippen MR) is 133 cm³/mol. The van der Waals surface area contributed by atoms with Gasteiger partial charge in [0.1, 0.15) is 11.8 Å². The Morgan fingerprint density at radius 1 is 1.09 bits per heavy atom. The van der Waals surface area contributed by atoms with Crippen LogP contribution in [0, 0.1) is 0 Å². The van der Waals surface area contributed by atoms with Crippen LogP contribution in [-0.2, 0) is 16.0 Å². The van der Waals surface area contributed by atoms with Gasteiger partial charge in [0.25, 0.3) is 0 Å². The number of amides is 2. The van der Waals surface area contributed by atoms with Gasteiger partial charge in [-0.1, -0.05) is 54.8 Å². The number of anilines is 1. The molecule has 4 rings (SSSR count). The summed E-state index contributed by atoms with van der Waals surface area (Å²) in [6.45, 7) is 0. The second-order valence-electron chi connectivity index (χ2n) is 8.14. The first-order valence-electron chi connectivity index (χ1n) is 11.1. The van der Waals surface area contributed by atoms with E-state index in [9.17, 15) is 9.59 Å². The third-order valence-corrected chi connectivity index (χ3v) is 7.12. The predicted octanol–water partition coefficient (Wildman–Crippen LogP) is 5.79. The summed E-state index contributed by atoms with van der Waals surface area (Å²) < 4.78 is 5.30. The average molecular weight is 483 g/mol. The monoisotopic (exact) mass is 482 g/mol. The molecule has 0 unspecified atom stereocenters. The molecule has 1 heterocycles. The van der Waals surface area contributed by atoms with Crippen LogP contribution in [0.25, 0.3) is 0 Å². The van der Waals surface area contributed by atoms with E-state index in [1.54, 1.807) is 36.3 Å². The zero-order valence-electron chi connectivity index (χ0n) is 18.5. The Kier molecular flexibility index (Phi) is 7.68. The number of nitrogens with one attached hydrogen (secondary N) is 1. The number of nitrogens with zero attached hydrogens (tertiary/aromatic N) is 1. The molecule has 1 aliphatic rings. The Balaban J connectivity index is 1.77. The van der Waals surface area contributed by atoms with Crippen molar-refractivity contribution in [2.75, 3.05) is 12.0 Å². The lowest BCUT2D eigenvalue weighted by Gasteiger charge is -2.33. The molecule has 5 nitrogen and oxygen atoms in total. The summed E-state index contributed by atoms with van der Waals surface area (Å²) in [6.07, 6.45) is 4.30. The molecule has 1 N–H and O–H groups in total. The first kappa shape index (κ1) is 23.3. The maximum absolute atomic E-state index is 13.7. The van der Waals surface area contributed by atoms with Crippen molar-refractivity contribution in [1.82, 2.24) is 5.32 Å². The minimum atomic E-state index is -0.858. The lowest BCUT2D eigenvalue weighted by atomic mass is 10.0. The molecule has 0 saturated heterocycles. The van der Waals surface area contributed by atoms with Gasteiger partial charge in [-0.2, -0.15) is 0 Å². The Labute approximate surface area is 203 Å². The molecule has 0 spiro atoms. The van der Waals surface area contributed by atoms with Crippen molar-refractivity contribution in [3.05, 3.63) is 81.5 Å². The van der Waals surface area contributed by atoms with Crippen LogP contribution >= 0.6 is 22.9 Å². The number of benzene rings is 2. The van der Waals surface area contributed by atoms with Crippen LogP contribution in [0.2, 0.25) is 5.02 Å². The lowest BCUT2D eigenvalue weighted by molar-refractivity contribution is -0.127. The highest BCUT2D eigenvalue weighted by atomic mass is 35.5. The van der Waals surface area contributed by atoms with E-state index < -0.39 is 6.04 Å². The number of hydrogen-bond donors (Lipinski definition) is 1. The summed E-state index contributed by atoms with van der Waals surface area (Å²) in [5.74, 6) is 0.294. The smallest absolute Gasteiger partial charge is 0.248 e. The number of rotatable bonds is 8. The fourth-order valence-electron chi connectivity index (χ4n) is 4.27. The molecular weight excluding hydrogens is 456 g/mol. The van der Waals surface area contributed by atoms with Gasteiger partial charge >= 0.3 is 0 Å². The molecule has 0 aliphatic heterocycles. The number of methoxy groups -OCH3 is 1. The van der Waals surface area contributed by atoms with E-state index >= 15 is 0 Å². The second-order valence-corrected chi connectivity index (χ2v) is 9.58. The third-order valence-electron chi connectivity index (χ3n) is 5.93. The van der Waals surface area contributed by atoms with E-state index in [0.717, 1.165) is 30.6 Å². The highest BCUT2D eigenvalue weighted by Gasteiger charge is 2.35. The molecule has 1 aromatic heterocycles. The van der Waals surface area contributed by atoms with Crippen LogP contribution < -0.4 is 15.0 Å². The number of carbonyl (C=O) groups excluding carboxylic acids is 2. The topological polar surface area (TPSA) is 58.6 Å². The van der Waals surface area contributed by atoms with Gasteiger partial charge in [0.05, 0.1) is 24.2 Å². The van der Waals surface area contributed by atoms with E-state index in [2.05, 4.69) is 5.32 Å². The molecule has 0 radical (unpaired) electrons. The fraction of sp³-hybridized carbons (Fsp3) is 0.308. The number of hydrogen-bond acceptors (Lipinski definition) is 4. The first-order valence-corrected chi connectivity index (χ1v) is 12.4. The van der Waals surface area contributed by atoms with E-state index in [1.807, 2.05) is 41.8 Å². The number of halogens is 1. The van der Waals surface area contributed by atoms with Crippen molar-refractivity contribution < 1.29 is 14.3 Å². The molecular formula is C26H27ClN2O3S. The van der Waals surface area contributed by atoms with Crippen molar-refractivity contribution >= 4 is 40.4 Å². The minimum absolute atomic E-state index is 0.124. The van der Waals surface area contributed by atoms with Gasteiger partial charge in [0.2, 0.25) is 11.8 Å². The Morgan fingerprint density at radius 3 is 2.45 bits per heavy atom. The first-order chi connectivity index (χ1) is 16.1. The van der Waals surface area contributed by atoms with Crippen molar-refractivity contribution in [1.29, 1.82) is 0 Å². The quantitative estimate of drug-likeness (QED) is 0.442. The summed E-state index contributed by atoms with van der Waals surface area (Å²) in [6, 6.07) is 17.6. The standard InChI is InChI=1S/C26H27ClN2O3S/c1-32-20-14-12-18(13-15-20)25(26(31)28-19-7-2-3-8-19)29(23-11-5-4-10-22(23)27)24(30)17-21-9-6-16-33-21/h4-6,9-16,19,25H,2-3,7-8,17H2,1H3,(H,28,31)/t25-/m0/s1. The zero-order chi connectivity index (χ0) is 23.2. The molecule has 1 atom stereocenters. The van der Waals surface area contributed by atoms with Gasteiger partial charge < -0.3 is 10.1 Å². The normalized spacial score (nSPS) is 14.6. The van der Waals surface area contributed by atoms with Gasteiger partial charge in [-0.3, -0.25) is 14.5 Å². The van der Waals surface area contributed by atoms with Crippen LogP contribution in [0.3, 0.4) is 0 Å². The number of carbonyl (C=O) groups is 2. The van der Waals surface area contributed by atoms with Gasteiger partial charge in [-0.05, 0) is 54.1 Å². The van der Waals surface area contributed by atoms with Crippen LogP contribution in [-0.4, -0.2) is 25.0 Å². The van der Waals surface area contributed by atoms with E-state index in [1.165, 1.54) is 11.3 Å². The molecule has 1 aliphatic carbocycles. The van der Waals surface area contributed by atoms with Crippen LogP contribution in [0.1, 0.15) is 42.2 Å². The lowest BCUT2D eigenvalue weighted by Crippen LogP contribution is -2.47. The van der Waals surface area contributed by atoms with Crippen molar-refractivity contribution in [3.63, 3.8) is 0 Å². The van der Waals surface area contributed by atoms with Crippen LogP contribution in [0.15, 0.2) is 66.0 Å². The molecule has 2 aromatic carbocycles. The summed E-state index contributed by atoms with van der Waals surface area (Å²) in [5.41, 5.74) is 1.22. The van der Waals surface area contributed by atoms with Crippen LogP contribution in [0.4, 0.5) is 5.69 Å². The number of thiophene rings is 1. The highest BCUT2D eigenvalue weighted by molar-refractivity contribution is 7.10. The molecule has 172 valence electrons. The van der Waals surface area contributed by atoms with Crippen LogP contribution in [0.5, 0.6) is 5.75 Å². The summed E-state index contributed by atoms with van der Waals surface area (Å²) in [7, 11) is 1.60. The summed E-state index contributed by atoms with van der Waals surface area (Å²) >= 11 is 8.07. The summed E-state index contributed by atoms with van der Waals surface area (Å²) in [5, 5.41) is 5.55. The summed E-state index contributed by atoms with van der Waals surface area (Å²) in [4.78, 5) is 29.9. The van der Waals surface area contributed by atoms with Gasteiger partial charge in [0.15, 0.2) is 0 Å². The average Bonchev–Trinajstić information content (AvgIpc) is 3.52. The maximum atomic E-state index is 13.7. The second kappa shape index (κ2) is 10.9. The van der Waals surface area contributed by atoms with Crippen molar-refractivity contribution in [2.24, 2.45) is 0 Å². The molecule has 1 fully saturated rings. The van der Waals surface area contributed by atoms with Gasteiger partial charge in [-0.15, -0.1) is 11.3 Å². The zero-order valence-corrected chi connectivity index (χ0v) is 20.1. The highest BCUT2D eigenvalue weighted by Crippen LogP contribution is 2.35. The van der Waals surface area contributed by atoms with Gasteiger partial charge in [-0.25, -0.2) is 0 Å². The molecule has 33 heavy (non-hydrogen) atoms. The Morgan fingerprint density at radius 2 is 1.82 bits per heavy atom. The molecule has 7 heteroatoms. The Bertz CT molecular complexity index is 1080. The maximum Gasteiger partial charge on any atom is 0.248 e. The van der Waals surface area contributed by atoms with E-state index in [0.29, 0.717) is 22.0 Å². The molecule has 2 amide bonds. The SMILES string of the molecule is COc1ccc([C@@H](C(=O)NC2CCCC2)N(C(=O)Cc2cccs2)c2ccccc2Cl)cc1. The largest absolute Gasteiger partial charge is 0.497 e. The molecule has 1 saturated carbocycles. The van der Waals surface area contributed by atoms with E-state index in [-0.39, 0.29) is 24.3 Å². The number of para-hydroxylation sites is 1. The van der Waals surface area contributed by atoms with Crippen molar-refractivity contribution in [3.8, 4) is 5.75 Å². The third kappa shape index (κ3) is 5.57. The van der Waals surface area contributed by atoms with E-state index in [4.69, 9.17) is 16.3 Å². The Hall–Kier alpha value is -2.83. The minimum Gasteiger partial charge on any atom is -0.497 e. The fourth-order valence-corrected chi connectivity index (χ4v) is 5.19. The molecule has 3 aromatic rings.